The third-order valence-corrected chi connectivity index (χ3v) is 20.7. The van der Waals surface area contributed by atoms with E-state index < -0.39 is 97.5 Å². The lowest BCUT2D eigenvalue weighted by molar-refractivity contribution is -0.161. The van der Waals surface area contributed by atoms with E-state index in [2.05, 4.69) is 55.4 Å². The number of aliphatic hydroxyl groups excluding tert-OH is 1. The minimum Gasteiger partial charge on any atom is -0.462 e. The Morgan fingerprint density at radius 3 is 0.732 bits per heavy atom. The SMILES string of the molecule is CCC(C)CCCCCCCCCCCCC(=O)OC[C@H](COP(=O)(O)OC[C@@H](O)COP(=O)(O)OC[C@@H](COC(=O)CCCCCCCCCCCCC(C)C)OC(=O)CCCCCCCCCCCCC(C)CC)OC(=O)CCCCCCCCCCCCCCCC(C)C. The molecule has 0 radical (unpaired) electrons. The van der Waals surface area contributed by atoms with Gasteiger partial charge in [-0.2, -0.15) is 0 Å². The molecule has 17 nitrogen and oxygen atoms in total. The van der Waals surface area contributed by atoms with Crippen LogP contribution in [0.4, 0.5) is 0 Å². The molecular formula is C78H152O17P2. The number of phosphoric acid groups is 2. The molecule has 4 unspecified atom stereocenters. The van der Waals surface area contributed by atoms with Gasteiger partial charge in [0.15, 0.2) is 12.2 Å². The average molecular weight is 1420 g/mol. The van der Waals surface area contributed by atoms with E-state index in [1.165, 1.54) is 199 Å². The Labute approximate surface area is 594 Å². The number of phosphoric ester groups is 2. The number of carbonyl (C=O) groups excluding carboxylic acids is 4. The third kappa shape index (κ3) is 69.5. The Kier molecular flexibility index (Phi) is 65.9. The lowest BCUT2D eigenvalue weighted by Gasteiger charge is -2.21. The van der Waals surface area contributed by atoms with Gasteiger partial charge in [0.1, 0.15) is 19.3 Å². The molecule has 0 aliphatic carbocycles. The molecule has 0 aliphatic heterocycles. The van der Waals surface area contributed by atoms with E-state index in [0.29, 0.717) is 25.7 Å². The monoisotopic (exact) mass is 1420 g/mol. The van der Waals surface area contributed by atoms with Crippen molar-refractivity contribution in [3.8, 4) is 0 Å². The minimum atomic E-state index is -4.96. The molecule has 0 fully saturated rings. The number of ether oxygens (including phenoxy) is 4. The van der Waals surface area contributed by atoms with Gasteiger partial charge in [-0.3, -0.25) is 37.3 Å². The molecule has 0 rings (SSSR count). The standard InChI is InChI=1S/C78H152O17P2/c1-9-70(7)56-48-40-32-24-17-20-27-35-43-51-59-76(81)89-64-73(94-77(82)60-52-44-36-28-15-13-11-12-14-22-30-38-46-54-68(3)4)66-92-96(84,85)90-62-72(79)63-91-97(86,87)93-67-74(65-88-75(80)58-50-42-34-26-19-16-23-31-39-47-55-69(5)6)95-78(83)61-53-45-37-29-21-18-25-33-41-49-57-71(8)10-2/h68-74,79H,9-67H2,1-8H3,(H,84,85)(H,86,87)/t70?,71?,72-,73-,74-/m1/s1. The first-order valence-corrected chi connectivity index (χ1v) is 43.3. The van der Waals surface area contributed by atoms with Gasteiger partial charge in [0.05, 0.1) is 26.4 Å². The molecule has 7 atom stereocenters. The van der Waals surface area contributed by atoms with Crippen LogP contribution in [0.5, 0.6) is 0 Å². The second-order valence-electron chi connectivity index (χ2n) is 29.5. The molecule has 0 bridgehead atoms. The van der Waals surface area contributed by atoms with Gasteiger partial charge in [0, 0.05) is 25.7 Å². The van der Waals surface area contributed by atoms with E-state index in [9.17, 15) is 43.2 Å². The van der Waals surface area contributed by atoms with E-state index in [0.717, 1.165) is 114 Å². The maximum Gasteiger partial charge on any atom is 0.472 e. The van der Waals surface area contributed by atoms with Crippen molar-refractivity contribution in [2.75, 3.05) is 39.6 Å². The summed E-state index contributed by atoms with van der Waals surface area (Å²) in [7, 11) is -9.92. The first kappa shape index (κ1) is 95.1. The molecule has 0 aliphatic rings. The van der Waals surface area contributed by atoms with Crippen molar-refractivity contribution in [3.05, 3.63) is 0 Å². The van der Waals surface area contributed by atoms with Gasteiger partial charge >= 0.3 is 39.5 Å². The van der Waals surface area contributed by atoms with Crippen molar-refractivity contribution in [1.82, 2.24) is 0 Å². The maximum atomic E-state index is 13.1. The lowest BCUT2D eigenvalue weighted by atomic mass is 9.99. The van der Waals surface area contributed by atoms with Gasteiger partial charge in [-0.1, -0.05) is 344 Å². The predicted molar refractivity (Wildman–Crippen MR) is 395 cm³/mol. The van der Waals surface area contributed by atoms with Gasteiger partial charge in [-0.25, -0.2) is 9.13 Å². The zero-order chi connectivity index (χ0) is 71.7. The van der Waals surface area contributed by atoms with Gasteiger partial charge in [0.2, 0.25) is 0 Å². The van der Waals surface area contributed by atoms with Gasteiger partial charge < -0.3 is 33.8 Å². The summed E-state index contributed by atoms with van der Waals surface area (Å²) in [6.45, 7) is 14.3. The smallest absolute Gasteiger partial charge is 0.462 e. The molecule has 0 amide bonds. The van der Waals surface area contributed by atoms with Crippen LogP contribution in [0.1, 0.15) is 396 Å². The van der Waals surface area contributed by atoms with Crippen LogP contribution in [0.15, 0.2) is 0 Å². The van der Waals surface area contributed by atoms with Crippen LogP contribution in [0, 0.1) is 23.7 Å². The highest BCUT2D eigenvalue weighted by Crippen LogP contribution is 2.45. The molecule has 97 heavy (non-hydrogen) atoms. The number of rotatable bonds is 75. The molecule has 0 aromatic heterocycles. The van der Waals surface area contributed by atoms with Gasteiger partial charge in [-0.05, 0) is 49.4 Å². The molecule has 0 aromatic rings. The van der Waals surface area contributed by atoms with Crippen molar-refractivity contribution in [1.29, 1.82) is 0 Å². The van der Waals surface area contributed by atoms with Crippen LogP contribution in [-0.4, -0.2) is 96.7 Å². The highest BCUT2D eigenvalue weighted by atomic mass is 31.2. The summed E-state index contributed by atoms with van der Waals surface area (Å²) in [5.41, 5.74) is 0. The van der Waals surface area contributed by atoms with Gasteiger partial charge in [0.25, 0.3) is 0 Å². The highest BCUT2D eigenvalue weighted by Gasteiger charge is 2.30. The highest BCUT2D eigenvalue weighted by molar-refractivity contribution is 7.47. The Morgan fingerprint density at radius 1 is 0.289 bits per heavy atom. The lowest BCUT2D eigenvalue weighted by Crippen LogP contribution is -2.30. The molecule has 0 heterocycles. The van der Waals surface area contributed by atoms with E-state index >= 15 is 0 Å². The Hall–Kier alpha value is -1.94. The quantitative estimate of drug-likeness (QED) is 0.0222. The van der Waals surface area contributed by atoms with E-state index in [-0.39, 0.29) is 25.7 Å². The van der Waals surface area contributed by atoms with Crippen LogP contribution in [0.2, 0.25) is 0 Å². The largest absolute Gasteiger partial charge is 0.472 e. The Bertz CT molecular complexity index is 1910. The van der Waals surface area contributed by atoms with Crippen LogP contribution in [0.3, 0.4) is 0 Å². The second-order valence-corrected chi connectivity index (χ2v) is 32.4. The topological polar surface area (TPSA) is 237 Å². The first-order chi connectivity index (χ1) is 46.7. The fraction of sp³-hybridized carbons (Fsp3) is 0.949. The minimum absolute atomic E-state index is 0.106. The normalized spacial score (nSPS) is 14.6. The Balaban J connectivity index is 5.29. The van der Waals surface area contributed by atoms with Gasteiger partial charge in [-0.15, -0.1) is 0 Å². The molecule has 0 aromatic carbocycles. The molecular weight excluding hydrogens is 1270 g/mol. The molecule has 3 N–H and O–H groups in total. The molecule has 0 saturated carbocycles. The summed E-state index contributed by atoms with van der Waals surface area (Å²) in [5.74, 6) is 1.04. The number of hydrogen-bond acceptors (Lipinski definition) is 15. The van der Waals surface area contributed by atoms with Crippen LogP contribution in [0.25, 0.3) is 0 Å². The van der Waals surface area contributed by atoms with Crippen LogP contribution < -0.4 is 0 Å². The van der Waals surface area contributed by atoms with E-state index in [1.54, 1.807) is 0 Å². The van der Waals surface area contributed by atoms with Crippen molar-refractivity contribution < 1.29 is 80.2 Å². The molecule has 19 heteroatoms. The first-order valence-electron chi connectivity index (χ1n) is 40.3. The summed E-state index contributed by atoms with van der Waals surface area (Å²) >= 11 is 0. The predicted octanol–water partition coefficient (Wildman–Crippen LogP) is 22.8. The number of esters is 4. The zero-order valence-corrected chi connectivity index (χ0v) is 65.5. The number of carbonyl (C=O) groups is 4. The molecule has 0 saturated heterocycles. The third-order valence-electron chi connectivity index (χ3n) is 18.8. The fourth-order valence-electron chi connectivity index (χ4n) is 11.8. The summed E-state index contributed by atoms with van der Waals surface area (Å²) in [6.07, 6.45) is 52.4. The Morgan fingerprint density at radius 2 is 0.495 bits per heavy atom. The van der Waals surface area contributed by atoms with Crippen LogP contribution >= 0.6 is 15.6 Å². The zero-order valence-electron chi connectivity index (χ0n) is 63.7. The summed E-state index contributed by atoms with van der Waals surface area (Å²) in [5, 5.41) is 10.6. The van der Waals surface area contributed by atoms with Crippen molar-refractivity contribution >= 4 is 39.5 Å². The summed E-state index contributed by atoms with van der Waals surface area (Å²) in [6, 6.07) is 0. The molecule has 576 valence electrons. The average Bonchev–Trinajstić information content (AvgIpc) is 2.14. The second kappa shape index (κ2) is 67.2. The van der Waals surface area contributed by atoms with Crippen molar-refractivity contribution in [2.24, 2.45) is 23.7 Å². The van der Waals surface area contributed by atoms with Crippen LogP contribution in [-0.2, 0) is 65.4 Å². The maximum absolute atomic E-state index is 13.1. The summed E-state index contributed by atoms with van der Waals surface area (Å²) < 4.78 is 68.7. The van der Waals surface area contributed by atoms with Crippen molar-refractivity contribution in [3.63, 3.8) is 0 Å². The van der Waals surface area contributed by atoms with E-state index in [1.807, 2.05) is 0 Å². The molecule has 0 spiro atoms. The van der Waals surface area contributed by atoms with E-state index in [4.69, 9.17) is 37.0 Å². The van der Waals surface area contributed by atoms with Crippen molar-refractivity contribution in [2.45, 2.75) is 414 Å². The summed E-state index contributed by atoms with van der Waals surface area (Å²) in [4.78, 5) is 73.0. The number of hydrogen-bond donors (Lipinski definition) is 3. The number of aliphatic hydroxyl groups is 1. The fourth-order valence-corrected chi connectivity index (χ4v) is 13.4. The number of unbranched alkanes of at least 4 members (excludes halogenated alkanes) is 39.